The monoisotopic (exact) mass is 194 g/mol. The Hall–Kier alpha value is -1.36. The van der Waals surface area contributed by atoms with Crippen LogP contribution in [0.5, 0.6) is 0 Å². The number of carbonyl (C=O) groups excluding carboxylic acids is 1. The average Bonchev–Trinajstić information content (AvgIpc) is 2.76. The Bertz CT molecular complexity index is 290. The fourth-order valence-corrected chi connectivity index (χ4v) is 1.68. The minimum atomic E-state index is 0.0583. The number of hydrogen-bond acceptors (Lipinski definition) is 3. The van der Waals surface area contributed by atoms with Crippen molar-refractivity contribution in [3.8, 4) is 0 Å². The molecular formula is C9H14N4O. The third-order valence-corrected chi connectivity index (χ3v) is 2.41. The summed E-state index contributed by atoms with van der Waals surface area (Å²) in [5.41, 5.74) is 0. The quantitative estimate of drug-likeness (QED) is 0.650. The maximum absolute atomic E-state index is 11.5. The van der Waals surface area contributed by atoms with Gasteiger partial charge in [0.2, 0.25) is 5.91 Å². The van der Waals surface area contributed by atoms with Gasteiger partial charge in [-0.1, -0.05) is 0 Å². The molecule has 0 aliphatic carbocycles. The number of amides is 1. The Morgan fingerprint density at radius 3 is 3.29 bits per heavy atom. The summed E-state index contributed by atoms with van der Waals surface area (Å²) in [6, 6.07) is 1.74. The van der Waals surface area contributed by atoms with Gasteiger partial charge in [-0.05, 0) is 25.4 Å². The highest BCUT2D eigenvalue weighted by Crippen LogP contribution is 2.13. The lowest BCUT2D eigenvalue weighted by Gasteiger charge is -2.07. The molecule has 1 aliphatic heterocycles. The predicted octanol–water partition coefficient (Wildman–Crippen LogP) is 0.348. The van der Waals surface area contributed by atoms with Crippen LogP contribution in [0.15, 0.2) is 12.3 Å². The summed E-state index contributed by atoms with van der Waals surface area (Å²) in [4.78, 5) is 11.5. The van der Waals surface area contributed by atoms with Gasteiger partial charge in [0.15, 0.2) is 0 Å². The molecule has 1 aromatic rings. The number of nitrogens with zero attached hydrogens (tertiary/aromatic N) is 1. The predicted molar refractivity (Wildman–Crippen MR) is 52.8 cm³/mol. The summed E-state index contributed by atoms with van der Waals surface area (Å²) in [6.45, 7) is 1.98. The number of anilines is 1. The van der Waals surface area contributed by atoms with Crippen LogP contribution in [0.2, 0.25) is 0 Å². The smallest absolute Gasteiger partial charge is 0.225 e. The second-order valence-corrected chi connectivity index (χ2v) is 3.58. The Morgan fingerprint density at radius 1 is 1.71 bits per heavy atom. The standard InChI is InChI=1S/C9H14N4O/c14-9(5-7-1-3-10-6-7)12-8-2-4-11-13-8/h2,4,7,10H,1,3,5-6H2,(H2,11,12,13,14). The number of carbonyl (C=O) groups is 1. The molecule has 1 unspecified atom stereocenters. The minimum Gasteiger partial charge on any atom is -0.316 e. The van der Waals surface area contributed by atoms with Gasteiger partial charge in [-0.15, -0.1) is 0 Å². The second kappa shape index (κ2) is 4.23. The summed E-state index contributed by atoms with van der Waals surface area (Å²) in [6.07, 6.45) is 3.30. The highest BCUT2D eigenvalue weighted by Gasteiger charge is 2.17. The zero-order valence-electron chi connectivity index (χ0n) is 7.92. The summed E-state index contributed by atoms with van der Waals surface area (Å²) in [5, 5.41) is 12.5. The fourth-order valence-electron chi connectivity index (χ4n) is 1.68. The van der Waals surface area contributed by atoms with E-state index in [2.05, 4.69) is 20.8 Å². The maximum Gasteiger partial charge on any atom is 0.225 e. The van der Waals surface area contributed by atoms with Crippen molar-refractivity contribution in [2.24, 2.45) is 5.92 Å². The van der Waals surface area contributed by atoms with Crippen molar-refractivity contribution in [1.29, 1.82) is 0 Å². The van der Waals surface area contributed by atoms with E-state index < -0.39 is 0 Å². The molecule has 0 aromatic carbocycles. The van der Waals surface area contributed by atoms with E-state index in [1.807, 2.05) is 0 Å². The molecular weight excluding hydrogens is 180 g/mol. The van der Waals surface area contributed by atoms with E-state index in [0.717, 1.165) is 19.5 Å². The van der Waals surface area contributed by atoms with E-state index in [1.54, 1.807) is 12.3 Å². The molecule has 3 N–H and O–H groups in total. The van der Waals surface area contributed by atoms with Crippen molar-refractivity contribution in [3.63, 3.8) is 0 Å². The van der Waals surface area contributed by atoms with E-state index >= 15 is 0 Å². The summed E-state index contributed by atoms with van der Waals surface area (Å²) < 4.78 is 0. The van der Waals surface area contributed by atoms with Gasteiger partial charge in [0.1, 0.15) is 5.82 Å². The minimum absolute atomic E-state index is 0.0583. The molecule has 0 spiro atoms. The maximum atomic E-state index is 11.5. The van der Waals surface area contributed by atoms with Crippen LogP contribution in [-0.4, -0.2) is 29.2 Å². The van der Waals surface area contributed by atoms with Gasteiger partial charge in [-0.2, -0.15) is 5.10 Å². The molecule has 0 saturated carbocycles. The number of aromatic nitrogens is 2. The van der Waals surface area contributed by atoms with Crippen LogP contribution < -0.4 is 10.6 Å². The van der Waals surface area contributed by atoms with Crippen LogP contribution in [0.4, 0.5) is 5.82 Å². The molecule has 14 heavy (non-hydrogen) atoms. The van der Waals surface area contributed by atoms with Gasteiger partial charge in [0.25, 0.3) is 0 Å². The lowest BCUT2D eigenvalue weighted by Crippen LogP contribution is -2.18. The largest absolute Gasteiger partial charge is 0.316 e. The first-order valence-electron chi connectivity index (χ1n) is 4.84. The van der Waals surface area contributed by atoms with Gasteiger partial charge in [0.05, 0.1) is 6.20 Å². The molecule has 5 nitrogen and oxygen atoms in total. The first-order valence-corrected chi connectivity index (χ1v) is 4.84. The molecule has 1 aromatic heterocycles. The van der Waals surface area contributed by atoms with Crippen molar-refractivity contribution in [2.75, 3.05) is 18.4 Å². The summed E-state index contributed by atoms with van der Waals surface area (Å²) >= 11 is 0. The van der Waals surface area contributed by atoms with Gasteiger partial charge in [-0.3, -0.25) is 9.89 Å². The van der Waals surface area contributed by atoms with Gasteiger partial charge in [-0.25, -0.2) is 0 Å². The molecule has 1 fully saturated rings. The zero-order valence-corrected chi connectivity index (χ0v) is 7.92. The van der Waals surface area contributed by atoms with Crippen molar-refractivity contribution >= 4 is 11.7 Å². The van der Waals surface area contributed by atoms with Crippen molar-refractivity contribution in [3.05, 3.63) is 12.3 Å². The first kappa shape index (κ1) is 9.21. The molecule has 5 heteroatoms. The Balaban J connectivity index is 1.78. The lowest BCUT2D eigenvalue weighted by molar-refractivity contribution is -0.117. The van der Waals surface area contributed by atoms with Gasteiger partial charge < -0.3 is 10.6 Å². The number of nitrogens with one attached hydrogen (secondary N) is 3. The van der Waals surface area contributed by atoms with Crippen LogP contribution in [0.25, 0.3) is 0 Å². The molecule has 1 atom stereocenters. The van der Waals surface area contributed by atoms with Crippen LogP contribution in [0, 0.1) is 5.92 Å². The average molecular weight is 194 g/mol. The Labute approximate surface area is 82.3 Å². The van der Waals surface area contributed by atoms with Crippen molar-refractivity contribution < 1.29 is 4.79 Å². The molecule has 1 saturated heterocycles. The topological polar surface area (TPSA) is 69.8 Å². The number of rotatable bonds is 3. The summed E-state index contributed by atoms with van der Waals surface area (Å²) in [5.74, 6) is 1.21. The van der Waals surface area contributed by atoms with Crippen LogP contribution in [0.3, 0.4) is 0 Å². The fraction of sp³-hybridized carbons (Fsp3) is 0.556. The molecule has 0 bridgehead atoms. The van der Waals surface area contributed by atoms with E-state index in [9.17, 15) is 4.79 Å². The molecule has 76 valence electrons. The molecule has 2 heterocycles. The molecule has 1 amide bonds. The Kier molecular flexibility index (Phi) is 2.78. The van der Waals surface area contributed by atoms with Crippen molar-refractivity contribution in [1.82, 2.24) is 15.5 Å². The normalized spacial score (nSPS) is 21.0. The molecule has 1 aliphatic rings. The highest BCUT2D eigenvalue weighted by atomic mass is 16.1. The SMILES string of the molecule is O=C(CC1CCNC1)Nc1ccn[nH]1. The second-order valence-electron chi connectivity index (χ2n) is 3.58. The third kappa shape index (κ3) is 2.32. The van der Waals surface area contributed by atoms with E-state index in [-0.39, 0.29) is 5.91 Å². The van der Waals surface area contributed by atoms with Crippen LogP contribution in [-0.2, 0) is 4.79 Å². The van der Waals surface area contributed by atoms with E-state index in [4.69, 9.17) is 0 Å². The van der Waals surface area contributed by atoms with Gasteiger partial charge in [0, 0.05) is 12.5 Å². The lowest BCUT2D eigenvalue weighted by atomic mass is 10.0. The Morgan fingerprint density at radius 2 is 2.64 bits per heavy atom. The number of H-pyrrole nitrogens is 1. The third-order valence-electron chi connectivity index (χ3n) is 2.41. The molecule has 2 rings (SSSR count). The molecule has 0 radical (unpaired) electrons. The summed E-state index contributed by atoms with van der Waals surface area (Å²) in [7, 11) is 0. The van der Waals surface area contributed by atoms with Crippen molar-refractivity contribution in [2.45, 2.75) is 12.8 Å². The number of aromatic amines is 1. The van der Waals surface area contributed by atoms with E-state index in [1.165, 1.54) is 0 Å². The van der Waals surface area contributed by atoms with Gasteiger partial charge >= 0.3 is 0 Å². The van der Waals surface area contributed by atoms with E-state index in [0.29, 0.717) is 18.2 Å². The first-order chi connectivity index (χ1) is 6.84. The zero-order chi connectivity index (χ0) is 9.80. The van der Waals surface area contributed by atoms with Crippen LogP contribution >= 0.6 is 0 Å². The van der Waals surface area contributed by atoms with Crippen LogP contribution in [0.1, 0.15) is 12.8 Å². The highest BCUT2D eigenvalue weighted by molar-refractivity contribution is 5.89. The number of hydrogen-bond donors (Lipinski definition) is 3.